The molecule has 0 aliphatic heterocycles. The Morgan fingerprint density at radius 1 is 1.30 bits per heavy atom. The normalized spacial score (nSPS) is 11.6. The van der Waals surface area contributed by atoms with Crippen molar-refractivity contribution in [2.45, 2.75) is 13.0 Å². The minimum absolute atomic E-state index is 0.0958. The molecule has 0 bridgehead atoms. The van der Waals surface area contributed by atoms with E-state index in [1.54, 1.807) is 36.4 Å². The van der Waals surface area contributed by atoms with Crippen LogP contribution in [-0.2, 0) is 0 Å². The molecule has 0 radical (unpaired) electrons. The number of nitriles is 1. The molecule has 6 heteroatoms. The van der Waals surface area contributed by atoms with Gasteiger partial charge in [0.15, 0.2) is 5.78 Å². The first kappa shape index (κ1) is 17.3. The van der Waals surface area contributed by atoms with E-state index in [-0.39, 0.29) is 12.3 Å². The number of aliphatic hydroxyl groups is 1. The van der Waals surface area contributed by atoms with Gasteiger partial charge in [-0.1, -0.05) is 29.3 Å². The highest BCUT2D eigenvalue weighted by molar-refractivity contribution is 6.36. The van der Waals surface area contributed by atoms with E-state index in [9.17, 15) is 9.90 Å². The van der Waals surface area contributed by atoms with Gasteiger partial charge < -0.3 is 10.4 Å². The number of anilines is 1. The van der Waals surface area contributed by atoms with Crippen LogP contribution in [0.15, 0.2) is 36.4 Å². The number of carbonyl (C=O) groups is 1. The van der Waals surface area contributed by atoms with E-state index in [0.29, 0.717) is 32.4 Å². The lowest BCUT2D eigenvalue weighted by Gasteiger charge is -2.17. The van der Waals surface area contributed by atoms with Crippen LogP contribution < -0.4 is 5.32 Å². The summed E-state index contributed by atoms with van der Waals surface area (Å²) in [5.41, 5.74) is 1.77. The molecule has 0 aliphatic rings. The number of carbonyl (C=O) groups excluding carboxylic acids is 1. The van der Waals surface area contributed by atoms with E-state index in [0.717, 1.165) is 0 Å². The Labute approximate surface area is 144 Å². The fourth-order valence-corrected chi connectivity index (χ4v) is 2.85. The van der Waals surface area contributed by atoms with E-state index in [2.05, 4.69) is 5.32 Å². The van der Waals surface area contributed by atoms with Gasteiger partial charge in [0.05, 0.1) is 17.7 Å². The molecular weight excluding hydrogens is 335 g/mol. The molecule has 23 heavy (non-hydrogen) atoms. The van der Waals surface area contributed by atoms with Gasteiger partial charge in [0, 0.05) is 33.4 Å². The zero-order valence-electron chi connectivity index (χ0n) is 12.3. The second-order valence-electron chi connectivity index (χ2n) is 4.96. The fraction of sp³-hybridized carbons (Fsp3) is 0.176. The Morgan fingerprint density at radius 3 is 2.52 bits per heavy atom. The Kier molecular flexibility index (Phi) is 5.62. The van der Waals surface area contributed by atoms with E-state index in [1.807, 2.05) is 6.07 Å². The van der Waals surface area contributed by atoms with Gasteiger partial charge in [-0.3, -0.25) is 4.79 Å². The van der Waals surface area contributed by atoms with Crippen LogP contribution in [0, 0.1) is 11.3 Å². The van der Waals surface area contributed by atoms with Crippen LogP contribution >= 0.6 is 23.2 Å². The second kappa shape index (κ2) is 7.47. The molecule has 2 aromatic rings. The summed E-state index contributed by atoms with van der Waals surface area (Å²) in [5, 5.41) is 23.0. The third kappa shape index (κ3) is 4.02. The zero-order valence-corrected chi connectivity index (χ0v) is 13.8. The summed E-state index contributed by atoms with van der Waals surface area (Å²) in [6.45, 7) is 1.53. The highest BCUT2D eigenvalue weighted by Gasteiger charge is 2.16. The zero-order chi connectivity index (χ0) is 17.0. The van der Waals surface area contributed by atoms with Crippen LogP contribution in [0.2, 0.25) is 10.0 Å². The topological polar surface area (TPSA) is 73.1 Å². The van der Waals surface area contributed by atoms with E-state index in [4.69, 9.17) is 28.5 Å². The lowest BCUT2D eigenvalue weighted by Crippen LogP contribution is -2.15. The molecule has 0 heterocycles. The molecule has 118 valence electrons. The van der Waals surface area contributed by atoms with Gasteiger partial charge in [-0.05, 0) is 37.3 Å². The highest BCUT2D eigenvalue weighted by Crippen LogP contribution is 2.30. The summed E-state index contributed by atoms with van der Waals surface area (Å²) in [7, 11) is 0. The number of ketones is 1. The number of Topliss-reactive ketones (excluding diaryl/α,β-unsaturated/α-hetero) is 1. The Bertz CT molecular complexity index is 764. The number of nitrogens with one attached hydrogen (secondary N) is 1. The third-order valence-electron chi connectivity index (χ3n) is 3.35. The average Bonchev–Trinajstić information content (AvgIpc) is 2.52. The quantitative estimate of drug-likeness (QED) is 0.793. The molecule has 0 spiro atoms. The van der Waals surface area contributed by atoms with Crippen molar-refractivity contribution < 1.29 is 9.90 Å². The largest absolute Gasteiger partial charge is 0.386 e. The summed E-state index contributed by atoms with van der Waals surface area (Å²) < 4.78 is 0. The Balaban J connectivity index is 2.24. The van der Waals surface area contributed by atoms with Crippen LogP contribution in [0.25, 0.3) is 0 Å². The molecule has 0 saturated heterocycles. The molecule has 4 nitrogen and oxygen atoms in total. The number of aliphatic hydroxyl groups excluding tert-OH is 1. The van der Waals surface area contributed by atoms with Crippen molar-refractivity contribution in [1.82, 2.24) is 0 Å². The molecule has 0 aliphatic carbocycles. The van der Waals surface area contributed by atoms with Crippen LogP contribution in [-0.4, -0.2) is 17.4 Å². The summed E-state index contributed by atoms with van der Waals surface area (Å²) >= 11 is 12.1. The molecule has 0 aromatic heterocycles. The Morgan fingerprint density at radius 2 is 1.96 bits per heavy atom. The van der Waals surface area contributed by atoms with Crippen molar-refractivity contribution in [2.75, 3.05) is 11.9 Å². The minimum atomic E-state index is -0.957. The SMILES string of the molecule is CC(=O)c1ccc(C#N)cc1NCC(O)c1c(Cl)cccc1Cl. The van der Waals surface area contributed by atoms with Crippen molar-refractivity contribution in [1.29, 1.82) is 5.26 Å². The average molecular weight is 349 g/mol. The number of benzene rings is 2. The lowest BCUT2D eigenvalue weighted by atomic mass is 10.1. The number of halogens is 2. The lowest BCUT2D eigenvalue weighted by molar-refractivity contribution is 0.101. The first-order chi connectivity index (χ1) is 10.9. The van der Waals surface area contributed by atoms with Gasteiger partial charge in [0.2, 0.25) is 0 Å². The molecule has 0 amide bonds. The highest BCUT2D eigenvalue weighted by atomic mass is 35.5. The third-order valence-corrected chi connectivity index (χ3v) is 4.01. The monoisotopic (exact) mass is 348 g/mol. The number of hydrogen-bond donors (Lipinski definition) is 2. The summed E-state index contributed by atoms with van der Waals surface area (Å²) in [6.07, 6.45) is -0.957. The van der Waals surface area contributed by atoms with Crippen molar-refractivity contribution in [3.8, 4) is 6.07 Å². The molecule has 0 fully saturated rings. The molecule has 2 rings (SSSR count). The van der Waals surface area contributed by atoms with Gasteiger partial charge >= 0.3 is 0 Å². The van der Waals surface area contributed by atoms with Gasteiger partial charge in [-0.2, -0.15) is 5.26 Å². The predicted octanol–water partition coefficient (Wildman–Crippen LogP) is 4.21. The van der Waals surface area contributed by atoms with Crippen LogP contribution in [0.1, 0.15) is 34.5 Å². The van der Waals surface area contributed by atoms with Crippen molar-refractivity contribution in [2.24, 2.45) is 0 Å². The maximum Gasteiger partial charge on any atom is 0.161 e. The molecule has 2 aromatic carbocycles. The maximum atomic E-state index is 11.7. The molecule has 0 saturated carbocycles. The molecule has 1 unspecified atom stereocenters. The minimum Gasteiger partial charge on any atom is -0.386 e. The van der Waals surface area contributed by atoms with E-state index in [1.165, 1.54) is 6.92 Å². The second-order valence-corrected chi connectivity index (χ2v) is 5.77. The predicted molar refractivity (Wildman–Crippen MR) is 91.1 cm³/mol. The molecule has 2 N–H and O–H groups in total. The summed E-state index contributed by atoms with van der Waals surface area (Å²) in [6, 6.07) is 11.7. The summed E-state index contributed by atoms with van der Waals surface area (Å²) in [5.74, 6) is -0.137. The van der Waals surface area contributed by atoms with Crippen molar-refractivity contribution in [3.05, 3.63) is 63.1 Å². The molecular formula is C17H14Cl2N2O2. The van der Waals surface area contributed by atoms with Gasteiger partial charge in [0.1, 0.15) is 0 Å². The number of hydrogen-bond acceptors (Lipinski definition) is 4. The van der Waals surface area contributed by atoms with Gasteiger partial charge in [-0.15, -0.1) is 0 Å². The van der Waals surface area contributed by atoms with Gasteiger partial charge in [0.25, 0.3) is 0 Å². The smallest absolute Gasteiger partial charge is 0.161 e. The van der Waals surface area contributed by atoms with Crippen LogP contribution in [0.4, 0.5) is 5.69 Å². The van der Waals surface area contributed by atoms with Crippen molar-refractivity contribution >= 4 is 34.7 Å². The van der Waals surface area contributed by atoms with Gasteiger partial charge in [-0.25, -0.2) is 0 Å². The van der Waals surface area contributed by atoms with Crippen LogP contribution in [0.3, 0.4) is 0 Å². The van der Waals surface area contributed by atoms with Crippen molar-refractivity contribution in [3.63, 3.8) is 0 Å². The standard InChI is InChI=1S/C17H14Cl2N2O2/c1-10(22)12-6-5-11(8-20)7-15(12)21-9-16(23)17-13(18)3-2-4-14(17)19/h2-7,16,21,23H,9H2,1H3. The number of rotatable bonds is 5. The maximum absolute atomic E-state index is 11.7. The first-order valence-electron chi connectivity index (χ1n) is 6.85. The fourth-order valence-electron chi connectivity index (χ4n) is 2.20. The Hall–Kier alpha value is -2.06. The first-order valence-corrected chi connectivity index (χ1v) is 7.60. The number of nitrogens with zero attached hydrogens (tertiary/aromatic N) is 1. The van der Waals surface area contributed by atoms with Crippen LogP contribution in [0.5, 0.6) is 0 Å². The van der Waals surface area contributed by atoms with E-state index >= 15 is 0 Å². The van der Waals surface area contributed by atoms with E-state index < -0.39 is 6.10 Å². The summed E-state index contributed by atoms with van der Waals surface area (Å²) in [4.78, 5) is 11.7. The molecule has 1 atom stereocenters.